The molecular formula is C19H21N5O2. The quantitative estimate of drug-likeness (QED) is 0.720. The number of anilines is 2. The molecule has 0 aliphatic heterocycles. The molecule has 1 N–H and O–H groups in total. The lowest BCUT2D eigenvalue weighted by atomic mass is 10.1. The fraction of sp³-hybridized carbons (Fsp3) is 0.316. The van der Waals surface area contributed by atoms with Crippen molar-refractivity contribution in [1.82, 2.24) is 19.9 Å². The van der Waals surface area contributed by atoms with E-state index < -0.39 is 5.97 Å². The summed E-state index contributed by atoms with van der Waals surface area (Å²) in [5.41, 5.74) is 4.44. The number of hydrogen-bond acceptors (Lipinski definition) is 7. The van der Waals surface area contributed by atoms with Crippen LogP contribution in [0.3, 0.4) is 0 Å². The van der Waals surface area contributed by atoms with Crippen LogP contribution in [-0.4, -0.2) is 33.0 Å². The molecule has 0 saturated carbocycles. The van der Waals surface area contributed by atoms with Crippen LogP contribution in [0.25, 0.3) is 10.9 Å². The highest BCUT2D eigenvalue weighted by atomic mass is 16.5. The van der Waals surface area contributed by atoms with Crippen LogP contribution in [0.5, 0.6) is 0 Å². The molecule has 1 aromatic carbocycles. The summed E-state index contributed by atoms with van der Waals surface area (Å²) in [4.78, 5) is 29.5. The smallest absolute Gasteiger partial charge is 0.341 e. The Morgan fingerprint density at radius 1 is 1.00 bits per heavy atom. The number of benzene rings is 1. The molecule has 2 aromatic heterocycles. The maximum atomic E-state index is 11.8. The first-order valence-electron chi connectivity index (χ1n) is 8.40. The van der Waals surface area contributed by atoms with Crippen molar-refractivity contribution in [2.24, 2.45) is 0 Å². The van der Waals surface area contributed by atoms with Gasteiger partial charge in [0.2, 0.25) is 11.9 Å². The van der Waals surface area contributed by atoms with E-state index in [1.54, 1.807) is 13.8 Å². The van der Waals surface area contributed by atoms with Gasteiger partial charge in [-0.25, -0.2) is 24.7 Å². The van der Waals surface area contributed by atoms with Crippen LogP contribution < -0.4 is 5.32 Å². The molecular weight excluding hydrogens is 330 g/mol. The van der Waals surface area contributed by atoms with Crippen molar-refractivity contribution >= 4 is 28.8 Å². The number of rotatable bonds is 4. The zero-order valence-electron chi connectivity index (χ0n) is 15.5. The largest absolute Gasteiger partial charge is 0.465 e. The number of aryl methyl sites for hydroxylation is 4. The molecule has 26 heavy (non-hydrogen) atoms. The van der Waals surface area contributed by atoms with Crippen LogP contribution >= 0.6 is 0 Å². The van der Waals surface area contributed by atoms with Crippen molar-refractivity contribution in [3.63, 3.8) is 0 Å². The predicted molar refractivity (Wildman–Crippen MR) is 99.8 cm³/mol. The summed E-state index contributed by atoms with van der Waals surface area (Å²) >= 11 is 0. The molecule has 0 aliphatic rings. The number of ether oxygens (including phenoxy) is 1. The van der Waals surface area contributed by atoms with E-state index in [-0.39, 0.29) is 0 Å². The topological polar surface area (TPSA) is 89.9 Å². The zero-order chi connectivity index (χ0) is 18.8. The summed E-state index contributed by atoms with van der Waals surface area (Å²) in [5, 5.41) is 4.07. The van der Waals surface area contributed by atoms with Gasteiger partial charge in [-0.2, -0.15) is 0 Å². The molecule has 0 saturated heterocycles. The van der Waals surface area contributed by atoms with Gasteiger partial charge in [0.25, 0.3) is 0 Å². The maximum Gasteiger partial charge on any atom is 0.341 e. The molecule has 0 amide bonds. The van der Waals surface area contributed by atoms with Gasteiger partial charge in [-0.1, -0.05) is 13.0 Å². The van der Waals surface area contributed by atoms with Crippen LogP contribution in [-0.2, 0) is 11.2 Å². The molecule has 0 bridgehead atoms. The van der Waals surface area contributed by atoms with Crippen molar-refractivity contribution in [3.8, 4) is 0 Å². The molecule has 3 aromatic rings. The van der Waals surface area contributed by atoms with Gasteiger partial charge in [0.1, 0.15) is 5.56 Å². The van der Waals surface area contributed by atoms with Crippen LogP contribution in [0.2, 0.25) is 0 Å². The van der Waals surface area contributed by atoms with Gasteiger partial charge in [0.15, 0.2) is 0 Å². The summed E-state index contributed by atoms with van der Waals surface area (Å²) < 4.78 is 4.77. The first kappa shape index (κ1) is 17.7. The Balaban J connectivity index is 1.97. The number of methoxy groups -OCH3 is 1. The molecule has 7 heteroatoms. The summed E-state index contributed by atoms with van der Waals surface area (Å²) in [7, 11) is 1.34. The third kappa shape index (κ3) is 3.33. The monoisotopic (exact) mass is 351 g/mol. The van der Waals surface area contributed by atoms with Crippen molar-refractivity contribution in [1.29, 1.82) is 0 Å². The van der Waals surface area contributed by atoms with Gasteiger partial charge < -0.3 is 4.74 Å². The van der Waals surface area contributed by atoms with E-state index in [0.717, 1.165) is 23.0 Å². The standard InChI is InChI=1S/C19H21N5O2/c1-6-13-7-8-15-14(9-13)10(2)20-19(23-15)24-18-21-11(3)16(12(4)22-18)17(25)26-5/h7-9H,6H2,1-5H3,(H,20,21,22,23,24). The Morgan fingerprint density at radius 3 is 2.23 bits per heavy atom. The van der Waals surface area contributed by atoms with Gasteiger partial charge in [0, 0.05) is 5.39 Å². The fourth-order valence-electron chi connectivity index (χ4n) is 2.87. The second kappa shape index (κ2) is 7.03. The highest BCUT2D eigenvalue weighted by Gasteiger charge is 2.17. The second-order valence-electron chi connectivity index (χ2n) is 6.05. The number of hydrogen-bond donors (Lipinski definition) is 1. The van der Waals surface area contributed by atoms with E-state index in [9.17, 15) is 4.79 Å². The Labute approximate surface area is 151 Å². The molecule has 0 fully saturated rings. The zero-order valence-corrected chi connectivity index (χ0v) is 15.5. The molecule has 134 valence electrons. The first-order valence-corrected chi connectivity index (χ1v) is 8.40. The van der Waals surface area contributed by atoms with E-state index >= 15 is 0 Å². The van der Waals surface area contributed by atoms with Crippen LogP contribution in [0.15, 0.2) is 18.2 Å². The molecule has 0 spiro atoms. The number of aromatic nitrogens is 4. The highest BCUT2D eigenvalue weighted by molar-refractivity contribution is 5.91. The molecule has 7 nitrogen and oxygen atoms in total. The summed E-state index contributed by atoms with van der Waals surface area (Å²) in [5.74, 6) is 0.316. The predicted octanol–water partition coefficient (Wildman–Crippen LogP) is 3.44. The fourth-order valence-corrected chi connectivity index (χ4v) is 2.87. The van der Waals surface area contributed by atoms with Crippen molar-refractivity contribution in [2.75, 3.05) is 12.4 Å². The molecule has 0 atom stereocenters. The summed E-state index contributed by atoms with van der Waals surface area (Å²) in [6.45, 7) is 7.55. The molecule has 3 rings (SSSR count). The Hall–Kier alpha value is -3.09. The molecule has 0 aliphatic carbocycles. The number of nitrogens with zero attached hydrogens (tertiary/aromatic N) is 4. The lowest BCUT2D eigenvalue weighted by Gasteiger charge is -2.11. The molecule has 2 heterocycles. The number of carbonyl (C=O) groups is 1. The van der Waals surface area contributed by atoms with Gasteiger partial charge in [0.05, 0.1) is 29.7 Å². The van der Waals surface area contributed by atoms with Crippen LogP contribution in [0, 0.1) is 20.8 Å². The van der Waals surface area contributed by atoms with Gasteiger partial charge in [-0.3, -0.25) is 5.32 Å². The Bertz CT molecular complexity index is 978. The minimum atomic E-state index is -0.448. The first-order chi connectivity index (χ1) is 12.4. The van der Waals surface area contributed by atoms with E-state index in [2.05, 4.69) is 44.3 Å². The van der Waals surface area contributed by atoms with Gasteiger partial charge >= 0.3 is 5.97 Å². The van der Waals surface area contributed by atoms with Crippen molar-refractivity contribution in [3.05, 3.63) is 46.4 Å². The molecule has 0 unspecified atom stereocenters. The third-order valence-corrected chi connectivity index (χ3v) is 4.24. The maximum absolute atomic E-state index is 11.8. The Kier molecular flexibility index (Phi) is 4.79. The average molecular weight is 351 g/mol. The SMILES string of the molecule is CCc1ccc2nc(Nc3nc(C)c(C(=O)OC)c(C)n3)nc(C)c2c1. The lowest BCUT2D eigenvalue weighted by molar-refractivity contribution is 0.0598. The Morgan fingerprint density at radius 2 is 1.62 bits per heavy atom. The minimum Gasteiger partial charge on any atom is -0.465 e. The normalized spacial score (nSPS) is 10.8. The van der Waals surface area contributed by atoms with E-state index in [4.69, 9.17) is 4.74 Å². The average Bonchev–Trinajstić information content (AvgIpc) is 2.60. The van der Waals surface area contributed by atoms with E-state index in [1.165, 1.54) is 12.7 Å². The van der Waals surface area contributed by atoms with Crippen LogP contribution in [0.1, 0.15) is 39.9 Å². The lowest BCUT2D eigenvalue weighted by Crippen LogP contribution is -2.12. The number of esters is 1. The van der Waals surface area contributed by atoms with Crippen molar-refractivity contribution < 1.29 is 9.53 Å². The second-order valence-corrected chi connectivity index (χ2v) is 6.05. The third-order valence-electron chi connectivity index (χ3n) is 4.24. The van der Waals surface area contributed by atoms with Gasteiger partial charge in [-0.15, -0.1) is 0 Å². The molecule has 0 radical (unpaired) electrons. The van der Waals surface area contributed by atoms with E-state index in [1.807, 2.05) is 13.0 Å². The summed E-state index contributed by atoms with van der Waals surface area (Å²) in [6, 6.07) is 6.17. The number of nitrogens with one attached hydrogen (secondary N) is 1. The van der Waals surface area contributed by atoms with Crippen LogP contribution in [0.4, 0.5) is 11.9 Å². The summed E-state index contributed by atoms with van der Waals surface area (Å²) in [6.07, 6.45) is 0.967. The van der Waals surface area contributed by atoms with Crippen molar-refractivity contribution in [2.45, 2.75) is 34.1 Å². The number of carbonyl (C=O) groups excluding carboxylic acids is 1. The van der Waals surface area contributed by atoms with E-state index in [0.29, 0.717) is 28.8 Å². The minimum absolute atomic E-state index is 0.344. The highest BCUT2D eigenvalue weighted by Crippen LogP contribution is 2.21. The number of fused-ring (bicyclic) bond motifs is 1. The van der Waals surface area contributed by atoms with Gasteiger partial charge in [-0.05, 0) is 44.9 Å².